The van der Waals surface area contributed by atoms with Crippen LogP contribution in [0, 0.1) is 0 Å². The highest BCUT2D eigenvalue weighted by Gasteiger charge is 2.10. The van der Waals surface area contributed by atoms with Crippen LogP contribution in [0.25, 0.3) is 31.9 Å². The molecule has 0 unspecified atom stereocenters. The Kier molecular flexibility index (Phi) is 7.18. The Bertz CT molecular complexity index is 1010. The third-order valence-electron chi connectivity index (χ3n) is 5.26. The summed E-state index contributed by atoms with van der Waals surface area (Å²) in [5.41, 5.74) is 2.28. The minimum absolute atomic E-state index is 1.01. The van der Waals surface area contributed by atoms with E-state index in [9.17, 15) is 0 Å². The van der Waals surface area contributed by atoms with Gasteiger partial charge in [0.15, 0.2) is 0 Å². The van der Waals surface area contributed by atoms with Crippen LogP contribution in [0.4, 0.5) is 0 Å². The highest BCUT2D eigenvalue weighted by Crippen LogP contribution is 2.31. The van der Waals surface area contributed by atoms with Crippen molar-refractivity contribution in [1.29, 1.82) is 0 Å². The van der Waals surface area contributed by atoms with Crippen molar-refractivity contribution in [2.24, 2.45) is 0 Å². The number of hydrogen-bond acceptors (Lipinski definition) is 6. The Morgan fingerprint density at radius 3 is 1.50 bits per heavy atom. The van der Waals surface area contributed by atoms with Crippen molar-refractivity contribution in [2.45, 2.75) is 65.2 Å². The maximum Gasteiger partial charge on any atom is 0.147 e. The fourth-order valence-corrected chi connectivity index (χ4v) is 5.26. The smallest absolute Gasteiger partial charge is 0.143 e. The summed E-state index contributed by atoms with van der Waals surface area (Å²) in [5.74, 6) is 0. The molecule has 2 heterocycles. The molecule has 0 amide bonds. The molecule has 0 aliphatic carbocycles. The third kappa shape index (κ3) is 5.10. The van der Waals surface area contributed by atoms with Crippen LogP contribution in [0.2, 0.25) is 0 Å². The summed E-state index contributed by atoms with van der Waals surface area (Å²) in [7, 11) is 0. The maximum absolute atomic E-state index is 4.42. The summed E-state index contributed by atoms with van der Waals surface area (Å²) in [6.45, 7) is 4.45. The average Bonchev–Trinajstić information content (AvgIpc) is 3.43. The van der Waals surface area contributed by atoms with Crippen LogP contribution in [0.1, 0.15) is 62.4 Å². The topological polar surface area (TPSA) is 51.6 Å². The summed E-state index contributed by atoms with van der Waals surface area (Å²) >= 11 is 3.43. The molecular weight excluding hydrogens is 408 g/mol. The minimum Gasteiger partial charge on any atom is -0.143 e. The SMILES string of the molecule is CCCCCc1nnc(-c2ccc3cc(-c4nnc(CCCCC)s4)ccc3c2)s1. The molecule has 4 rings (SSSR count). The fraction of sp³-hybridized carbons (Fsp3) is 0.417. The Morgan fingerprint density at radius 1 is 0.600 bits per heavy atom. The van der Waals surface area contributed by atoms with Gasteiger partial charge in [-0.2, -0.15) is 0 Å². The van der Waals surface area contributed by atoms with Crippen LogP contribution in [0.3, 0.4) is 0 Å². The Balaban J connectivity index is 1.50. The van der Waals surface area contributed by atoms with E-state index in [1.54, 1.807) is 22.7 Å². The van der Waals surface area contributed by atoms with E-state index in [-0.39, 0.29) is 0 Å². The van der Waals surface area contributed by atoms with Gasteiger partial charge in [0.1, 0.15) is 20.0 Å². The quantitative estimate of drug-likeness (QED) is 0.244. The van der Waals surface area contributed by atoms with Crippen molar-refractivity contribution < 1.29 is 0 Å². The molecule has 4 nitrogen and oxygen atoms in total. The first-order valence-corrected chi connectivity index (χ1v) is 12.6. The van der Waals surface area contributed by atoms with Gasteiger partial charge in [-0.25, -0.2) is 0 Å². The van der Waals surface area contributed by atoms with Gasteiger partial charge in [0.25, 0.3) is 0 Å². The van der Waals surface area contributed by atoms with Crippen molar-refractivity contribution in [3.63, 3.8) is 0 Å². The standard InChI is InChI=1S/C24H28N4S2/c1-3-5-7-9-21-25-27-23(29-21)19-13-11-18-16-20(14-12-17(18)15-19)24-28-26-22(30-24)10-8-6-4-2/h11-16H,3-10H2,1-2H3. The summed E-state index contributed by atoms with van der Waals surface area (Å²) < 4.78 is 0. The number of fused-ring (bicyclic) bond motifs is 1. The number of unbranched alkanes of at least 4 members (excludes halogenated alkanes) is 4. The second kappa shape index (κ2) is 10.2. The van der Waals surface area contributed by atoms with E-state index in [1.807, 2.05) is 0 Å². The fourth-order valence-electron chi connectivity index (χ4n) is 3.51. The molecule has 0 atom stereocenters. The predicted molar refractivity (Wildman–Crippen MR) is 128 cm³/mol. The van der Waals surface area contributed by atoms with Crippen molar-refractivity contribution in [1.82, 2.24) is 20.4 Å². The molecule has 156 valence electrons. The monoisotopic (exact) mass is 436 g/mol. The molecule has 0 aliphatic heterocycles. The zero-order valence-corrected chi connectivity index (χ0v) is 19.4. The van der Waals surface area contributed by atoms with E-state index in [0.717, 1.165) is 44.0 Å². The molecule has 6 heteroatoms. The van der Waals surface area contributed by atoms with Crippen LogP contribution < -0.4 is 0 Å². The van der Waals surface area contributed by atoms with E-state index in [0.29, 0.717) is 0 Å². The van der Waals surface area contributed by atoms with Crippen molar-refractivity contribution in [2.75, 3.05) is 0 Å². The number of benzene rings is 2. The molecule has 0 saturated carbocycles. The highest BCUT2D eigenvalue weighted by molar-refractivity contribution is 7.15. The van der Waals surface area contributed by atoms with Gasteiger partial charge in [0.2, 0.25) is 0 Å². The molecule has 0 aliphatic rings. The van der Waals surface area contributed by atoms with Gasteiger partial charge in [-0.1, -0.05) is 86.5 Å². The lowest BCUT2D eigenvalue weighted by Crippen LogP contribution is -1.83. The van der Waals surface area contributed by atoms with Crippen LogP contribution >= 0.6 is 22.7 Å². The average molecular weight is 437 g/mol. The van der Waals surface area contributed by atoms with Gasteiger partial charge in [-0.3, -0.25) is 0 Å². The van der Waals surface area contributed by atoms with E-state index in [1.165, 1.54) is 49.3 Å². The highest BCUT2D eigenvalue weighted by atomic mass is 32.1. The van der Waals surface area contributed by atoms with Gasteiger partial charge < -0.3 is 0 Å². The second-order valence-corrected chi connectivity index (χ2v) is 9.82. The molecule has 0 bridgehead atoms. The summed E-state index contributed by atoms with van der Waals surface area (Å²) in [5, 5.41) is 24.3. The molecular formula is C24H28N4S2. The number of nitrogens with zero attached hydrogens (tertiary/aromatic N) is 4. The maximum atomic E-state index is 4.42. The largest absolute Gasteiger partial charge is 0.147 e. The first kappa shape index (κ1) is 21.1. The number of aryl methyl sites for hydroxylation is 2. The Morgan fingerprint density at radius 2 is 1.07 bits per heavy atom. The number of hydrogen-bond donors (Lipinski definition) is 0. The van der Waals surface area contributed by atoms with Gasteiger partial charge >= 0.3 is 0 Å². The first-order valence-electron chi connectivity index (χ1n) is 11.0. The molecule has 30 heavy (non-hydrogen) atoms. The third-order valence-corrected chi connectivity index (χ3v) is 7.32. The molecule has 0 spiro atoms. The normalized spacial score (nSPS) is 11.4. The van der Waals surface area contributed by atoms with E-state index < -0.39 is 0 Å². The number of rotatable bonds is 10. The zero-order chi connectivity index (χ0) is 20.8. The summed E-state index contributed by atoms with van der Waals surface area (Å²) in [6, 6.07) is 13.1. The van der Waals surface area contributed by atoms with Crippen molar-refractivity contribution >= 4 is 33.4 Å². The van der Waals surface area contributed by atoms with E-state index in [4.69, 9.17) is 0 Å². The molecule has 0 fully saturated rings. The Labute approximate surface area is 186 Å². The van der Waals surface area contributed by atoms with Gasteiger partial charge in [-0.05, 0) is 35.7 Å². The van der Waals surface area contributed by atoms with Gasteiger partial charge in [0.05, 0.1) is 0 Å². The zero-order valence-electron chi connectivity index (χ0n) is 17.7. The summed E-state index contributed by atoms with van der Waals surface area (Å²) in [6.07, 6.45) is 9.42. The molecule has 2 aromatic heterocycles. The number of aromatic nitrogens is 4. The lowest BCUT2D eigenvalue weighted by molar-refractivity contribution is 0.710. The molecule has 0 saturated heterocycles. The summed E-state index contributed by atoms with van der Waals surface area (Å²) in [4.78, 5) is 0. The van der Waals surface area contributed by atoms with Crippen LogP contribution in [-0.2, 0) is 12.8 Å². The lowest BCUT2D eigenvalue weighted by atomic mass is 10.0. The second-order valence-electron chi connectivity index (χ2n) is 7.69. The molecule has 0 radical (unpaired) electrons. The van der Waals surface area contributed by atoms with Crippen LogP contribution in [-0.4, -0.2) is 20.4 Å². The molecule has 0 N–H and O–H groups in total. The lowest BCUT2D eigenvalue weighted by Gasteiger charge is -2.03. The molecule has 4 aromatic rings. The van der Waals surface area contributed by atoms with E-state index in [2.05, 4.69) is 70.6 Å². The first-order chi connectivity index (χ1) is 14.8. The van der Waals surface area contributed by atoms with Gasteiger partial charge in [0, 0.05) is 24.0 Å². The van der Waals surface area contributed by atoms with E-state index >= 15 is 0 Å². The van der Waals surface area contributed by atoms with Crippen LogP contribution in [0.5, 0.6) is 0 Å². The van der Waals surface area contributed by atoms with Gasteiger partial charge in [-0.15, -0.1) is 20.4 Å². The molecule has 2 aromatic carbocycles. The van der Waals surface area contributed by atoms with Crippen molar-refractivity contribution in [3.8, 4) is 21.1 Å². The predicted octanol–water partition coefficient (Wildman–Crippen LogP) is 7.34. The Hall–Kier alpha value is -2.18. The van der Waals surface area contributed by atoms with Crippen molar-refractivity contribution in [3.05, 3.63) is 46.4 Å². The van der Waals surface area contributed by atoms with Crippen LogP contribution in [0.15, 0.2) is 36.4 Å². The minimum atomic E-state index is 1.01.